The first-order valence-electron chi connectivity index (χ1n) is 10.7. The second-order valence-corrected chi connectivity index (χ2v) is 10.3. The number of nitrogens with one attached hydrogen (secondary N) is 1. The molecule has 5 heterocycles. The Hall–Kier alpha value is -1.67. The van der Waals surface area contributed by atoms with Crippen LogP contribution in [0.15, 0.2) is 10.7 Å². The highest BCUT2D eigenvalue weighted by molar-refractivity contribution is 9.10. The number of nitrogens with zero attached hydrogens (tertiary/aromatic N) is 5. The van der Waals surface area contributed by atoms with Crippen molar-refractivity contribution in [3.05, 3.63) is 21.9 Å². The Morgan fingerprint density at radius 2 is 1.93 bits per heavy atom. The lowest BCUT2D eigenvalue weighted by Gasteiger charge is -2.45. The van der Waals surface area contributed by atoms with Crippen molar-refractivity contribution in [3.63, 3.8) is 0 Å². The molecule has 29 heavy (non-hydrogen) atoms. The summed E-state index contributed by atoms with van der Waals surface area (Å²) >= 11 is 3.59. The minimum Gasteiger partial charge on any atom is -0.354 e. The Morgan fingerprint density at radius 3 is 2.69 bits per heavy atom. The van der Waals surface area contributed by atoms with Crippen LogP contribution >= 0.6 is 15.9 Å². The molecule has 1 N–H and O–H groups in total. The topological polar surface area (TPSA) is 65.8 Å². The smallest absolute Gasteiger partial charge is 0.229 e. The largest absolute Gasteiger partial charge is 0.354 e. The predicted octanol–water partition coefficient (Wildman–Crippen LogP) is 2.26. The van der Waals surface area contributed by atoms with E-state index in [4.69, 9.17) is 4.98 Å². The summed E-state index contributed by atoms with van der Waals surface area (Å²) in [6, 6.07) is 0. The Labute approximate surface area is 180 Å². The molecule has 3 aliphatic rings. The fourth-order valence-corrected chi connectivity index (χ4v) is 5.11. The number of piperidine rings is 1. The number of carbonyl (C=O) groups excluding carboxylic acids is 1. The number of anilines is 1. The van der Waals surface area contributed by atoms with Gasteiger partial charge in [0.05, 0.1) is 22.3 Å². The van der Waals surface area contributed by atoms with Gasteiger partial charge in [0.15, 0.2) is 5.65 Å². The zero-order valence-corrected chi connectivity index (χ0v) is 18.8. The van der Waals surface area contributed by atoms with Crippen LogP contribution in [0, 0.1) is 11.3 Å². The minimum absolute atomic E-state index is 0.0954. The number of halogens is 1. The summed E-state index contributed by atoms with van der Waals surface area (Å²) in [6.07, 6.45) is 5.89. The highest BCUT2D eigenvalue weighted by atomic mass is 79.9. The number of rotatable bonds is 2. The maximum atomic E-state index is 13.0. The summed E-state index contributed by atoms with van der Waals surface area (Å²) in [4.78, 5) is 22.3. The van der Waals surface area contributed by atoms with Crippen LogP contribution in [0.2, 0.25) is 0 Å². The van der Waals surface area contributed by atoms with E-state index in [1.54, 1.807) is 0 Å². The van der Waals surface area contributed by atoms with Crippen LogP contribution < -0.4 is 10.2 Å². The number of carbonyl (C=O) groups is 1. The van der Waals surface area contributed by atoms with Crippen LogP contribution in [0.3, 0.4) is 0 Å². The van der Waals surface area contributed by atoms with Gasteiger partial charge in [0, 0.05) is 44.7 Å². The molecular formula is C21H29BrN6O. The summed E-state index contributed by atoms with van der Waals surface area (Å²) in [7, 11) is 0. The van der Waals surface area contributed by atoms with Crippen molar-refractivity contribution in [1.82, 2.24) is 24.8 Å². The van der Waals surface area contributed by atoms with Crippen molar-refractivity contribution in [1.29, 1.82) is 0 Å². The molecule has 2 saturated heterocycles. The van der Waals surface area contributed by atoms with Crippen molar-refractivity contribution >= 4 is 33.3 Å². The molecule has 1 amide bonds. The molecule has 7 nitrogen and oxygen atoms in total. The van der Waals surface area contributed by atoms with E-state index in [1.165, 1.54) is 5.56 Å². The molecule has 8 heteroatoms. The van der Waals surface area contributed by atoms with E-state index >= 15 is 0 Å². The summed E-state index contributed by atoms with van der Waals surface area (Å²) in [6.45, 7) is 9.85. The number of hydrogen-bond acceptors (Lipinski definition) is 5. The van der Waals surface area contributed by atoms with Gasteiger partial charge in [-0.2, -0.15) is 9.61 Å². The van der Waals surface area contributed by atoms with Gasteiger partial charge >= 0.3 is 0 Å². The molecule has 0 aliphatic carbocycles. The first kappa shape index (κ1) is 19.3. The highest BCUT2D eigenvalue weighted by Crippen LogP contribution is 2.35. The lowest BCUT2D eigenvalue weighted by Crippen LogP contribution is -2.56. The van der Waals surface area contributed by atoms with E-state index in [9.17, 15) is 4.79 Å². The van der Waals surface area contributed by atoms with Gasteiger partial charge in [0.1, 0.15) is 5.82 Å². The van der Waals surface area contributed by atoms with Crippen LogP contribution in [0.25, 0.3) is 5.65 Å². The molecule has 2 fully saturated rings. The van der Waals surface area contributed by atoms with Gasteiger partial charge in [-0.25, -0.2) is 4.98 Å². The average molecular weight is 461 g/mol. The molecule has 3 aliphatic heterocycles. The highest BCUT2D eigenvalue weighted by Gasteiger charge is 2.39. The molecule has 0 aromatic carbocycles. The van der Waals surface area contributed by atoms with E-state index in [0.717, 1.165) is 86.6 Å². The molecule has 0 unspecified atom stereocenters. The molecule has 2 aromatic heterocycles. The fourth-order valence-electron chi connectivity index (χ4n) is 4.76. The summed E-state index contributed by atoms with van der Waals surface area (Å²) < 4.78 is 2.88. The Bertz CT molecular complexity index is 938. The lowest BCUT2D eigenvalue weighted by molar-refractivity contribution is -0.138. The number of likely N-dealkylation sites (tertiary alicyclic amines) is 1. The van der Waals surface area contributed by atoms with Crippen molar-refractivity contribution < 1.29 is 4.79 Å². The summed E-state index contributed by atoms with van der Waals surface area (Å²) in [5.74, 6) is 1.55. The number of amides is 1. The van der Waals surface area contributed by atoms with Gasteiger partial charge in [-0.1, -0.05) is 13.8 Å². The van der Waals surface area contributed by atoms with Gasteiger partial charge in [-0.3, -0.25) is 4.79 Å². The zero-order valence-electron chi connectivity index (χ0n) is 17.2. The first-order chi connectivity index (χ1) is 13.9. The number of fused-ring (bicyclic) bond motifs is 2. The van der Waals surface area contributed by atoms with Gasteiger partial charge < -0.3 is 15.1 Å². The Morgan fingerprint density at radius 1 is 1.21 bits per heavy atom. The standard InChI is InChI=1S/C21H29BrN6O/c1-21(2)5-9-26(10-6-21)20(29)14-12-27(13-14)19-15-3-7-23-8-4-17(15)25-18-16(22)11-24-28(18)19/h11,14,23H,3-10,12-13H2,1-2H3. The zero-order chi connectivity index (χ0) is 20.2. The second kappa shape index (κ2) is 7.23. The Balaban J connectivity index is 1.38. The van der Waals surface area contributed by atoms with E-state index in [2.05, 4.69) is 50.0 Å². The molecule has 0 radical (unpaired) electrons. The summed E-state index contributed by atoms with van der Waals surface area (Å²) in [5.41, 5.74) is 3.67. The average Bonchev–Trinajstić information content (AvgIpc) is 2.87. The molecule has 2 aromatic rings. The monoisotopic (exact) mass is 460 g/mol. The molecule has 5 rings (SSSR count). The van der Waals surface area contributed by atoms with E-state index in [1.807, 2.05) is 10.7 Å². The molecule has 156 valence electrons. The molecule has 0 spiro atoms. The summed E-state index contributed by atoms with van der Waals surface area (Å²) in [5, 5.41) is 8.06. The Kier molecular flexibility index (Phi) is 4.81. The molecular weight excluding hydrogens is 432 g/mol. The third-order valence-electron chi connectivity index (χ3n) is 6.81. The number of aromatic nitrogens is 3. The van der Waals surface area contributed by atoms with Crippen LogP contribution in [-0.4, -0.2) is 64.7 Å². The minimum atomic E-state index is 0.0954. The van der Waals surface area contributed by atoms with Crippen LogP contribution in [-0.2, 0) is 17.6 Å². The lowest BCUT2D eigenvalue weighted by atomic mass is 9.82. The van der Waals surface area contributed by atoms with E-state index in [-0.39, 0.29) is 5.92 Å². The second-order valence-electron chi connectivity index (χ2n) is 9.43. The van der Waals surface area contributed by atoms with Crippen LogP contribution in [0.4, 0.5) is 5.82 Å². The maximum Gasteiger partial charge on any atom is 0.229 e. The number of hydrogen-bond donors (Lipinski definition) is 1. The first-order valence-corrected chi connectivity index (χ1v) is 11.5. The van der Waals surface area contributed by atoms with E-state index < -0.39 is 0 Å². The maximum absolute atomic E-state index is 13.0. The molecule has 0 saturated carbocycles. The predicted molar refractivity (Wildman–Crippen MR) is 116 cm³/mol. The van der Waals surface area contributed by atoms with Gasteiger partial charge in [-0.15, -0.1) is 0 Å². The van der Waals surface area contributed by atoms with Crippen molar-refractivity contribution in [2.24, 2.45) is 11.3 Å². The molecule has 0 atom stereocenters. The normalized spacial score (nSPS) is 22.3. The van der Waals surface area contributed by atoms with Crippen molar-refractivity contribution in [3.8, 4) is 0 Å². The fraction of sp³-hybridized carbons (Fsp3) is 0.667. The van der Waals surface area contributed by atoms with E-state index in [0.29, 0.717) is 11.3 Å². The van der Waals surface area contributed by atoms with Crippen molar-refractivity contribution in [2.75, 3.05) is 44.2 Å². The van der Waals surface area contributed by atoms with Gasteiger partial charge in [0.2, 0.25) is 5.91 Å². The van der Waals surface area contributed by atoms with Gasteiger partial charge in [-0.05, 0) is 47.2 Å². The third kappa shape index (κ3) is 3.44. The van der Waals surface area contributed by atoms with Gasteiger partial charge in [0.25, 0.3) is 0 Å². The molecule has 0 bridgehead atoms. The van der Waals surface area contributed by atoms with Crippen molar-refractivity contribution in [2.45, 2.75) is 39.5 Å². The van der Waals surface area contributed by atoms with Crippen LogP contribution in [0.1, 0.15) is 37.9 Å². The quantitative estimate of drug-likeness (QED) is 0.744. The van der Waals surface area contributed by atoms with Crippen LogP contribution in [0.5, 0.6) is 0 Å². The SMILES string of the molecule is CC1(C)CCN(C(=O)C2CN(c3c4c(nc5c(Br)cnn35)CCNCC4)C2)CC1. The third-order valence-corrected chi connectivity index (χ3v) is 7.37.